The van der Waals surface area contributed by atoms with Crippen LogP contribution in [0.2, 0.25) is 0 Å². The smallest absolute Gasteiger partial charge is 0.322 e. The molecule has 4 heteroatoms. The lowest BCUT2D eigenvalue weighted by Gasteiger charge is -2.10. The van der Waals surface area contributed by atoms with Crippen molar-refractivity contribution in [3.63, 3.8) is 0 Å². The number of esters is 1. The number of halogens is 1. The standard InChI is InChI=1S/C13H16BrNO2/c1-17-13(16)12-7-9(8-15-12)6-10-4-2-3-5-11(10)14/h2-5,9,12,15H,6-8H2,1H3. The van der Waals surface area contributed by atoms with Crippen molar-refractivity contribution in [3.8, 4) is 0 Å². The summed E-state index contributed by atoms with van der Waals surface area (Å²) in [4.78, 5) is 11.4. The van der Waals surface area contributed by atoms with Crippen LogP contribution in [0, 0.1) is 5.92 Å². The van der Waals surface area contributed by atoms with Gasteiger partial charge in [0.1, 0.15) is 6.04 Å². The predicted molar refractivity (Wildman–Crippen MR) is 69.8 cm³/mol. The average Bonchev–Trinajstić information content (AvgIpc) is 2.80. The number of ether oxygens (including phenoxy) is 1. The van der Waals surface area contributed by atoms with E-state index in [9.17, 15) is 4.79 Å². The van der Waals surface area contributed by atoms with Gasteiger partial charge in [0.05, 0.1) is 7.11 Å². The summed E-state index contributed by atoms with van der Waals surface area (Å²) in [6.07, 6.45) is 1.84. The normalized spacial score (nSPS) is 23.6. The van der Waals surface area contributed by atoms with Crippen LogP contribution in [0.1, 0.15) is 12.0 Å². The third-order valence-electron chi connectivity index (χ3n) is 3.17. The molecule has 1 heterocycles. The van der Waals surface area contributed by atoms with Gasteiger partial charge in [-0.2, -0.15) is 0 Å². The molecule has 0 radical (unpaired) electrons. The van der Waals surface area contributed by atoms with E-state index < -0.39 is 0 Å². The van der Waals surface area contributed by atoms with Gasteiger partial charge in [-0.1, -0.05) is 34.1 Å². The summed E-state index contributed by atoms with van der Waals surface area (Å²) in [7, 11) is 1.44. The second-order valence-electron chi connectivity index (χ2n) is 4.38. The maximum absolute atomic E-state index is 11.4. The molecule has 0 amide bonds. The van der Waals surface area contributed by atoms with E-state index in [0.29, 0.717) is 5.92 Å². The van der Waals surface area contributed by atoms with Gasteiger partial charge in [0.15, 0.2) is 0 Å². The molecule has 0 saturated carbocycles. The fourth-order valence-corrected chi connectivity index (χ4v) is 2.71. The fraction of sp³-hybridized carbons (Fsp3) is 0.462. The molecule has 1 aliphatic rings. The van der Waals surface area contributed by atoms with Crippen molar-refractivity contribution in [2.24, 2.45) is 5.92 Å². The molecule has 1 aromatic carbocycles. The first-order valence-electron chi connectivity index (χ1n) is 5.75. The molecule has 1 aliphatic heterocycles. The van der Waals surface area contributed by atoms with Crippen LogP contribution in [-0.4, -0.2) is 25.7 Å². The molecule has 0 aromatic heterocycles. The van der Waals surface area contributed by atoms with Crippen molar-refractivity contribution >= 4 is 21.9 Å². The number of hydrogen-bond donors (Lipinski definition) is 1. The number of nitrogens with one attached hydrogen (secondary N) is 1. The molecular formula is C13H16BrNO2. The van der Waals surface area contributed by atoms with E-state index in [-0.39, 0.29) is 12.0 Å². The predicted octanol–water partition coefficient (Wildman–Crippen LogP) is 2.14. The van der Waals surface area contributed by atoms with Gasteiger partial charge in [0, 0.05) is 4.47 Å². The number of carbonyl (C=O) groups excluding carboxylic acids is 1. The van der Waals surface area contributed by atoms with E-state index in [1.54, 1.807) is 0 Å². The van der Waals surface area contributed by atoms with Crippen molar-refractivity contribution in [2.75, 3.05) is 13.7 Å². The molecule has 2 rings (SSSR count). The van der Waals surface area contributed by atoms with Gasteiger partial charge in [0.25, 0.3) is 0 Å². The maximum Gasteiger partial charge on any atom is 0.322 e. The highest BCUT2D eigenvalue weighted by Gasteiger charge is 2.30. The Morgan fingerprint density at radius 1 is 1.53 bits per heavy atom. The summed E-state index contributed by atoms with van der Waals surface area (Å²) >= 11 is 3.55. The molecule has 2 unspecified atom stereocenters. The number of carbonyl (C=O) groups is 1. The topological polar surface area (TPSA) is 38.3 Å². The van der Waals surface area contributed by atoms with E-state index in [2.05, 4.69) is 33.4 Å². The fourth-order valence-electron chi connectivity index (χ4n) is 2.26. The third kappa shape index (κ3) is 3.07. The molecular weight excluding hydrogens is 282 g/mol. The van der Waals surface area contributed by atoms with Crippen molar-refractivity contribution in [3.05, 3.63) is 34.3 Å². The monoisotopic (exact) mass is 297 g/mol. The molecule has 1 fully saturated rings. The minimum Gasteiger partial charge on any atom is -0.468 e. The van der Waals surface area contributed by atoms with Crippen LogP contribution < -0.4 is 5.32 Å². The zero-order valence-corrected chi connectivity index (χ0v) is 11.4. The highest BCUT2D eigenvalue weighted by Crippen LogP contribution is 2.24. The Morgan fingerprint density at radius 2 is 2.29 bits per heavy atom. The second kappa shape index (κ2) is 5.65. The molecule has 1 N–H and O–H groups in total. The van der Waals surface area contributed by atoms with Gasteiger partial charge in [-0.05, 0) is 36.9 Å². The molecule has 1 aromatic rings. The highest BCUT2D eigenvalue weighted by atomic mass is 79.9. The van der Waals surface area contributed by atoms with Crippen LogP contribution in [0.25, 0.3) is 0 Å². The van der Waals surface area contributed by atoms with E-state index in [1.165, 1.54) is 12.7 Å². The average molecular weight is 298 g/mol. The summed E-state index contributed by atoms with van der Waals surface area (Å²) in [6, 6.07) is 8.09. The molecule has 92 valence electrons. The van der Waals surface area contributed by atoms with Crippen molar-refractivity contribution in [1.82, 2.24) is 5.32 Å². The van der Waals surface area contributed by atoms with E-state index >= 15 is 0 Å². The Balaban J connectivity index is 1.94. The number of rotatable bonds is 3. The van der Waals surface area contributed by atoms with Gasteiger partial charge < -0.3 is 10.1 Å². The van der Waals surface area contributed by atoms with Gasteiger partial charge in [-0.3, -0.25) is 4.79 Å². The van der Waals surface area contributed by atoms with Gasteiger partial charge in [-0.15, -0.1) is 0 Å². The van der Waals surface area contributed by atoms with E-state index in [4.69, 9.17) is 4.74 Å². The summed E-state index contributed by atoms with van der Waals surface area (Å²) in [6.45, 7) is 0.876. The SMILES string of the molecule is COC(=O)C1CC(Cc2ccccc2Br)CN1. The Hall–Kier alpha value is -0.870. The van der Waals surface area contributed by atoms with E-state index in [0.717, 1.165) is 23.9 Å². The Morgan fingerprint density at radius 3 is 3.00 bits per heavy atom. The quantitative estimate of drug-likeness (QED) is 0.869. The minimum absolute atomic E-state index is 0.132. The zero-order chi connectivity index (χ0) is 12.3. The Kier molecular flexibility index (Phi) is 4.18. The third-order valence-corrected chi connectivity index (χ3v) is 3.95. The summed E-state index contributed by atoms with van der Waals surface area (Å²) in [5.74, 6) is 0.345. The molecule has 0 bridgehead atoms. The van der Waals surface area contributed by atoms with Crippen LogP contribution in [0.4, 0.5) is 0 Å². The Bertz CT molecular complexity index is 408. The zero-order valence-electron chi connectivity index (χ0n) is 9.78. The van der Waals surface area contributed by atoms with Crippen LogP contribution in [0.15, 0.2) is 28.7 Å². The van der Waals surface area contributed by atoms with Crippen LogP contribution in [0.3, 0.4) is 0 Å². The van der Waals surface area contributed by atoms with Crippen molar-refractivity contribution < 1.29 is 9.53 Å². The van der Waals surface area contributed by atoms with Crippen LogP contribution >= 0.6 is 15.9 Å². The Labute approximate surface area is 110 Å². The summed E-state index contributed by atoms with van der Waals surface area (Å²) < 4.78 is 5.89. The molecule has 1 saturated heterocycles. The van der Waals surface area contributed by atoms with Crippen molar-refractivity contribution in [2.45, 2.75) is 18.9 Å². The number of benzene rings is 1. The molecule has 3 nitrogen and oxygen atoms in total. The van der Waals surface area contributed by atoms with Crippen LogP contribution in [-0.2, 0) is 16.0 Å². The van der Waals surface area contributed by atoms with Crippen molar-refractivity contribution in [1.29, 1.82) is 0 Å². The van der Waals surface area contributed by atoms with Gasteiger partial charge in [0.2, 0.25) is 0 Å². The first-order valence-corrected chi connectivity index (χ1v) is 6.54. The van der Waals surface area contributed by atoms with Crippen LogP contribution in [0.5, 0.6) is 0 Å². The first-order chi connectivity index (χ1) is 8.20. The lowest BCUT2D eigenvalue weighted by Crippen LogP contribution is -2.31. The second-order valence-corrected chi connectivity index (χ2v) is 5.24. The number of methoxy groups -OCH3 is 1. The molecule has 0 aliphatic carbocycles. The molecule has 2 atom stereocenters. The highest BCUT2D eigenvalue weighted by molar-refractivity contribution is 9.10. The first kappa shape index (κ1) is 12.6. The minimum atomic E-state index is -0.153. The largest absolute Gasteiger partial charge is 0.468 e. The number of hydrogen-bond acceptors (Lipinski definition) is 3. The maximum atomic E-state index is 11.4. The molecule has 17 heavy (non-hydrogen) atoms. The lowest BCUT2D eigenvalue weighted by molar-refractivity contribution is -0.142. The summed E-state index contributed by atoms with van der Waals surface area (Å²) in [5, 5.41) is 3.21. The van der Waals surface area contributed by atoms with E-state index in [1.807, 2.05) is 12.1 Å². The van der Waals surface area contributed by atoms with Gasteiger partial charge >= 0.3 is 5.97 Å². The van der Waals surface area contributed by atoms with Gasteiger partial charge in [-0.25, -0.2) is 0 Å². The lowest BCUT2D eigenvalue weighted by atomic mass is 9.97. The molecule has 0 spiro atoms. The summed E-state index contributed by atoms with van der Waals surface area (Å²) in [5.41, 5.74) is 1.30.